The van der Waals surface area contributed by atoms with Crippen LogP contribution < -0.4 is 5.32 Å². The molecule has 0 bridgehead atoms. The first kappa shape index (κ1) is 11.1. The van der Waals surface area contributed by atoms with Crippen molar-refractivity contribution in [2.24, 2.45) is 23.7 Å². The Morgan fingerprint density at radius 1 is 0.875 bits per heavy atom. The molecule has 1 heteroatoms. The van der Waals surface area contributed by atoms with Gasteiger partial charge in [-0.05, 0) is 62.3 Å². The number of nitrogens with one attached hydrogen (secondary N) is 1. The van der Waals surface area contributed by atoms with Crippen LogP contribution in [0.4, 0.5) is 0 Å². The Kier molecular flexibility index (Phi) is 3.24. The summed E-state index contributed by atoms with van der Waals surface area (Å²) < 4.78 is 0. The second-order valence-electron chi connectivity index (χ2n) is 6.65. The predicted octanol–water partition coefficient (Wildman–Crippen LogP) is 3.59. The van der Waals surface area contributed by atoms with Gasteiger partial charge in [0.05, 0.1) is 0 Å². The van der Waals surface area contributed by atoms with E-state index in [1.54, 1.807) is 0 Å². The Hall–Kier alpha value is -0.0400. The number of hydrogen-bond donors (Lipinski definition) is 1. The van der Waals surface area contributed by atoms with Crippen LogP contribution in [0.15, 0.2) is 0 Å². The van der Waals surface area contributed by atoms with Crippen molar-refractivity contribution in [1.82, 2.24) is 5.32 Å². The van der Waals surface area contributed by atoms with Crippen LogP contribution in [0, 0.1) is 23.7 Å². The minimum absolute atomic E-state index is 0.881. The van der Waals surface area contributed by atoms with Crippen molar-refractivity contribution < 1.29 is 0 Å². The zero-order valence-electron chi connectivity index (χ0n) is 10.8. The Morgan fingerprint density at radius 3 is 2.62 bits per heavy atom. The van der Waals surface area contributed by atoms with E-state index in [1.807, 2.05) is 0 Å². The van der Waals surface area contributed by atoms with Gasteiger partial charge >= 0.3 is 0 Å². The van der Waals surface area contributed by atoms with Crippen molar-refractivity contribution in [3.63, 3.8) is 0 Å². The van der Waals surface area contributed by atoms with Gasteiger partial charge in [-0.25, -0.2) is 0 Å². The molecule has 1 heterocycles. The van der Waals surface area contributed by atoms with E-state index in [2.05, 4.69) is 12.2 Å². The molecule has 92 valence electrons. The number of hydrogen-bond acceptors (Lipinski definition) is 1. The molecule has 0 amide bonds. The molecular weight excluding hydrogens is 194 g/mol. The summed E-state index contributed by atoms with van der Waals surface area (Å²) in [4.78, 5) is 0. The summed E-state index contributed by atoms with van der Waals surface area (Å²) in [7, 11) is 0. The van der Waals surface area contributed by atoms with Gasteiger partial charge in [0.25, 0.3) is 0 Å². The van der Waals surface area contributed by atoms with Gasteiger partial charge in [0.2, 0.25) is 0 Å². The molecule has 3 rings (SSSR count). The molecule has 0 aromatic heterocycles. The molecule has 1 aliphatic heterocycles. The Labute approximate surface area is 100 Å². The van der Waals surface area contributed by atoms with Crippen molar-refractivity contribution in [3.8, 4) is 0 Å². The lowest BCUT2D eigenvalue weighted by Crippen LogP contribution is -2.44. The van der Waals surface area contributed by atoms with Gasteiger partial charge in [-0.15, -0.1) is 0 Å². The fourth-order valence-electron chi connectivity index (χ4n) is 4.87. The minimum atomic E-state index is 0.881. The van der Waals surface area contributed by atoms with Crippen LogP contribution in [0.25, 0.3) is 0 Å². The lowest BCUT2D eigenvalue weighted by molar-refractivity contribution is 0.125. The molecule has 5 atom stereocenters. The lowest BCUT2D eigenvalue weighted by atomic mass is 9.69. The third-order valence-corrected chi connectivity index (χ3v) is 5.51. The largest absolute Gasteiger partial charge is 0.314 e. The van der Waals surface area contributed by atoms with E-state index in [4.69, 9.17) is 0 Å². The Bertz CT molecular complexity index is 232. The Morgan fingerprint density at radius 2 is 1.81 bits per heavy atom. The van der Waals surface area contributed by atoms with Crippen molar-refractivity contribution in [2.75, 3.05) is 6.54 Å². The molecule has 1 nitrogen and oxygen atoms in total. The maximum Gasteiger partial charge on any atom is 0.00980 e. The zero-order chi connectivity index (χ0) is 11.0. The molecule has 0 spiro atoms. The van der Waals surface area contributed by atoms with Crippen LogP contribution in [0.3, 0.4) is 0 Å². The second-order valence-corrected chi connectivity index (χ2v) is 6.65. The summed E-state index contributed by atoms with van der Waals surface area (Å²) >= 11 is 0. The topological polar surface area (TPSA) is 12.0 Å². The van der Waals surface area contributed by atoms with E-state index >= 15 is 0 Å². The lowest BCUT2D eigenvalue weighted by Gasteiger charge is -2.41. The second kappa shape index (κ2) is 4.68. The smallest absolute Gasteiger partial charge is 0.00980 e. The van der Waals surface area contributed by atoms with Gasteiger partial charge in [-0.3, -0.25) is 0 Å². The van der Waals surface area contributed by atoms with E-state index < -0.39 is 0 Å². The van der Waals surface area contributed by atoms with Crippen LogP contribution in [-0.2, 0) is 0 Å². The van der Waals surface area contributed by atoms with Crippen molar-refractivity contribution >= 4 is 0 Å². The molecule has 3 fully saturated rings. The molecule has 0 radical (unpaired) electrons. The zero-order valence-corrected chi connectivity index (χ0v) is 10.8. The highest BCUT2D eigenvalue weighted by atomic mass is 14.9. The average molecular weight is 221 g/mol. The third-order valence-electron chi connectivity index (χ3n) is 5.51. The first-order chi connectivity index (χ1) is 7.84. The molecule has 1 saturated heterocycles. The fourth-order valence-corrected chi connectivity index (χ4v) is 4.87. The van der Waals surface area contributed by atoms with Crippen LogP contribution in [-0.4, -0.2) is 12.6 Å². The van der Waals surface area contributed by atoms with Crippen LogP contribution in [0.5, 0.6) is 0 Å². The summed E-state index contributed by atoms with van der Waals surface area (Å²) in [5.41, 5.74) is 0. The molecule has 0 aromatic rings. The minimum Gasteiger partial charge on any atom is -0.314 e. The number of rotatable bonds is 1. The molecule has 2 saturated carbocycles. The maximum atomic E-state index is 3.82. The molecule has 0 aromatic carbocycles. The number of piperidine rings is 1. The molecule has 1 N–H and O–H groups in total. The fraction of sp³-hybridized carbons (Fsp3) is 1.00. The predicted molar refractivity (Wildman–Crippen MR) is 68.4 cm³/mol. The van der Waals surface area contributed by atoms with E-state index in [-0.39, 0.29) is 0 Å². The summed E-state index contributed by atoms with van der Waals surface area (Å²) in [5, 5.41) is 3.82. The normalized spacial score (nSPS) is 48.9. The molecule has 3 aliphatic rings. The summed E-state index contributed by atoms with van der Waals surface area (Å²) in [5.74, 6) is 4.22. The van der Waals surface area contributed by atoms with Gasteiger partial charge < -0.3 is 5.32 Å². The van der Waals surface area contributed by atoms with Gasteiger partial charge in [0.1, 0.15) is 0 Å². The van der Waals surface area contributed by atoms with E-state index in [0.717, 1.165) is 29.7 Å². The first-order valence-electron chi connectivity index (χ1n) is 7.58. The number of fused-ring (bicyclic) bond motifs is 1. The summed E-state index contributed by atoms with van der Waals surface area (Å²) in [6.45, 7) is 3.76. The molecule has 16 heavy (non-hydrogen) atoms. The van der Waals surface area contributed by atoms with Gasteiger partial charge in [-0.2, -0.15) is 0 Å². The third kappa shape index (κ3) is 2.03. The van der Waals surface area contributed by atoms with E-state index in [1.165, 1.54) is 57.9 Å². The van der Waals surface area contributed by atoms with Crippen LogP contribution in [0.2, 0.25) is 0 Å². The van der Waals surface area contributed by atoms with E-state index in [9.17, 15) is 0 Å². The van der Waals surface area contributed by atoms with Crippen LogP contribution >= 0.6 is 0 Å². The highest BCUT2D eigenvalue weighted by Crippen LogP contribution is 2.49. The molecular formula is C15H27N. The molecule has 2 aliphatic carbocycles. The van der Waals surface area contributed by atoms with Gasteiger partial charge in [0, 0.05) is 6.04 Å². The van der Waals surface area contributed by atoms with Gasteiger partial charge in [0.15, 0.2) is 0 Å². The first-order valence-corrected chi connectivity index (χ1v) is 7.58. The SMILES string of the molecule is CC1CC2CCCC(C3CCCCN3)C2C1. The van der Waals surface area contributed by atoms with Crippen molar-refractivity contribution in [3.05, 3.63) is 0 Å². The van der Waals surface area contributed by atoms with E-state index in [0.29, 0.717) is 0 Å². The van der Waals surface area contributed by atoms with Crippen LogP contribution in [0.1, 0.15) is 58.3 Å². The highest BCUT2D eigenvalue weighted by molar-refractivity contribution is 4.94. The Balaban J connectivity index is 1.68. The van der Waals surface area contributed by atoms with Crippen molar-refractivity contribution in [1.29, 1.82) is 0 Å². The molecule has 5 unspecified atom stereocenters. The van der Waals surface area contributed by atoms with Crippen molar-refractivity contribution in [2.45, 2.75) is 64.3 Å². The average Bonchev–Trinajstić information content (AvgIpc) is 2.70. The monoisotopic (exact) mass is 221 g/mol. The quantitative estimate of drug-likeness (QED) is 0.713. The standard InChI is InChI=1S/C15H27N/c1-11-9-12-5-4-6-13(14(12)10-11)15-7-2-3-8-16-15/h11-16H,2-10H2,1H3. The summed E-state index contributed by atoms with van der Waals surface area (Å²) in [6, 6.07) is 0.881. The van der Waals surface area contributed by atoms with Gasteiger partial charge in [-0.1, -0.05) is 26.2 Å². The maximum absolute atomic E-state index is 3.82. The summed E-state index contributed by atoms with van der Waals surface area (Å²) in [6.07, 6.45) is 12.0. The highest BCUT2D eigenvalue weighted by Gasteiger charge is 2.42.